The van der Waals surface area contributed by atoms with Gasteiger partial charge in [0.25, 0.3) is 5.24 Å². The second kappa shape index (κ2) is 4.50. The largest absolute Gasteiger partial charge is 0.306 e. The Balaban J connectivity index is 3.41. The predicted octanol–water partition coefficient (Wildman–Crippen LogP) is 3.78. The molecule has 0 atom stereocenters. The first-order valence-electron chi connectivity index (χ1n) is 5.32. The number of para-hydroxylation sites is 1. The van der Waals surface area contributed by atoms with Gasteiger partial charge in [-0.1, -0.05) is 51.6 Å². The van der Waals surface area contributed by atoms with Crippen molar-refractivity contribution in [1.29, 1.82) is 0 Å². The zero-order valence-electron chi connectivity index (χ0n) is 10.5. The van der Waals surface area contributed by atoms with Gasteiger partial charge in [0.05, 0.1) is 5.69 Å². The number of hydrogen-bond acceptors (Lipinski definition) is 1. The maximum Gasteiger partial charge on any atom is 0.282 e. The molecule has 88 valence electrons. The second-order valence-electron chi connectivity index (χ2n) is 5.06. The molecule has 0 fully saturated rings. The minimum absolute atomic E-state index is 0.0127. The summed E-state index contributed by atoms with van der Waals surface area (Å²) in [5, 5.41) is -0.236. The third kappa shape index (κ3) is 2.59. The van der Waals surface area contributed by atoms with E-state index >= 15 is 0 Å². The molecule has 0 saturated carbocycles. The van der Waals surface area contributed by atoms with E-state index in [0.717, 1.165) is 16.8 Å². The molecule has 0 aromatic heterocycles. The summed E-state index contributed by atoms with van der Waals surface area (Å²) in [6.07, 6.45) is 0. The number of rotatable bonds is 1. The maximum absolute atomic E-state index is 11.4. The van der Waals surface area contributed by atoms with Crippen molar-refractivity contribution < 1.29 is 4.79 Å². The summed E-state index contributed by atoms with van der Waals surface area (Å²) in [6, 6.07) is 6.10. The van der Waals surface area contributed by atoms with E-state index in [1.54, 1.807) is 11.9 Å². The first-order valence-corrected chi connectivity index (χ1v) is 5.76. The SMILES string of the molecule is Cc1cccc(C(C)(C)C)c1N(C)C(=O)S. The number of carbonyl (C=O) groups is 1. The van der Waals surface area contributed by atoms with Crippen LogP contribution >= 0.6 is 12.6 Å². The number of benzene rings is 1. The van der Waals surface area contributed by atoms with Crippen LogP contribution in [-0.2, 0) is 5.41 Å². The monoisotopic (exact) mass is 237 g/mol. The molecule has 0 aliphatic heterocycles. The first-order chi connectivity index (χ1) is 7.25. The van der Waals surface area contributed by atoms with Crippen LogP contribution in [0.4, 0.5) is 10.5 Å². The van der Waals surface area contributed by atoms with Gasteiger partial charge in [0.1, 0.15) is 0 Å². The highest BCUT2D eigenvalue weighted by Crippen LogP contribution is 2.34. The van der Waals surface area contributed by atoms with E-state index in [-0.39, 0.29) is 10.7 Å². The zero-order valence-corrected chi connectivity index (χ0v) is 11.4. The summed E-state index contributed by atoms with van der Waals surface area (Å²) < 4.78 is 0. The lowest BCUT2D eigenvalue weighted by atomic mass is 9.84. The fraction of sp³-hybridized carbons (Fsp3) is 0.462. The first kappa shape index (κ1) is 13.1. The Labute approximate surface area is 103 Å². The molecule has 0 spiro atoms. The Bertz CT molecular complexity index is 407. The Morgan fingerprint density at radius 3 is 2.31 bits per heavy atom. The normalized spacial score (nSPS) is 11.4. The number of anilines is 1. The smallest absolute Gasteiger partial charge is 0.282 e. The minimum atomic E-state index is -0.236. The molecular weight excluding hydrogens is 218 g/mol. The van der Waals surface area contributed by atoms with Crippen molar-refractivity contribution in [3.05, 3.63) is 29.3 Å². The third-order valence-corrected chi connectivity index (χ3v) is 2.97. The molecule has 0 unspecified atom stereocenters. The van der Waals surface area contributed by atoms with Crippen LogP contribution in [0.2, 0.25) is 0 Å². The average molecular weight is 237 g/mol. The number of carbonyl (C=O) groups excluding carboxylic acids is 1. The van der Waals surface area contributed by atoms with E-state index in [4.69, 9.17) is 0 Å². The van der Waals surface area contributed by atoms with Gasteiger partial charge in [-0.25, -0.2) is 0 Å². The van der Waals surface area contributed by atoms with E-state index in [1.807, 2.05) is 19.1 Å². The highest BCUT2D eigenvalue weighted by atomic mass is 32.1. The summed E-state index contributed by atoms with van der Waals surface area (Å²) in [6.45, 7) is 8.43. The molecule has 16 heavy (non-hydrogen) atoms. The Morgan fingerprint density at radius 2 is 1.88 bits per heavy atom. The van der Waals surface area contributed by atoms with Crippen LogP contribution in [0.1, 0.15) is 31.9 Å². The Morgan fingerprint density at radius 1 is 1.31 bits per heavy atom. The lowest BCUT2D eigenvalue weighted by molar-refractivity contribution is 0.266. The van der Waals surface area contributed by atoms with E-state index in [2.05, 4.69) is 39.5 Å². The molecule has 1 rings (SSSR count). The molecule has 3 heteroatoms. The highest BCUT2D eigenvalue weighted by Gasteiger charge is 2.22. The van der Waals surface area contributed by atoms with E-state index < -0.39 is 0 Å². The predicted molar refractivity (Wildman–Crippen MR) is 72.7 cm³/mol. The fourth-order valence-corrected chi connectivity index (χ4v) is 1.91. The van der Waals surface area contributed by atoms with Gasteiger partial charge < -0.3 is 4.90 Å². The van der Waals surface area contributed by atoms with Gasteiger partial charge in [-0.05, 0) is 23.5 Å². The molecule has 0 N–H and O–H groups in total. The summed E-state index contributed by atoms with van der Waals surface area (Å²) in [5.74, 6) is 0. The molecule has 1 aromatic carbocycles. The molecular formula is C13H19NOS. The van der Waals surface area contributed by atoms with Crippen molar-refractivity contribution in [2.45, 2.75) is 33.1 Å². The van der Waals surface area contributed by atoms with E-state index in [1.165, 1.54) is 0 Å². The summed E-state index contributed by atoms with van der Waals surface area (Å²) >= 11 is 3.88. The zero-order chi connectivity index (χ0) is 12.5. The lowest BCUT2D eigenvalue weighted by Gasteiger charge is -2.28. The maximum atomic E-state index is 11.4. The van der Waals surface area contributed by atoms with Crippen molar-refractivity contribution in [3.8, 4) is 0 Å². The average Bonchev–Trinajstić information content (AvgIpc) is 2.14. The number of aryl methyl sites for hydroxylation is 1. The van der Waals surface area contributed by atoms with Crippen LogP contribution in [0.25, 0.3) is 0 Å². The summed E-state index contributed by atoms with van der Waals surface area (Å²) in [7, 11) is 1.76. The second-order valence-corrected chi connectivity index (χ2v) is 5.45. The van der Waals surface area contributed by atoms with Crippen LogP contribution in [0.3, 0.4) is 0 Å². The molecule has 1 amide bonds. The molecule has 0 bridgehead atoms. The number of amides is 1. The molecule has 0 aliphatic rings. The molecule has 0 radical (unpaired) electrons. The van der Waals surface area contributed by atoms with Crippen LogP contribution < -0.4 is 4.90 Å². The number of nitrogens with zero attached hydrogens (tertiary/aromatic N) is 1. The van der Waals surface area contributed by atoms with Gasteiger partial charge in [-0.15, -0.1) is 0 Å². The van der Waals surface area contributed by atoms with Gasteiger partial charge in [-0.3, -0.25) is 4.79 Å². The van der Waals surface area contributed by atoms with Crippen molar-refractivity contribution in [2.75, 3.05) is 11.9 Å². The lowest BCUT2D eigenvalue weighted by Crippen LogP contribution is -2.25. The highest BCUT2D eigenvalue weighted by molar-refractivity contribution is 7.96. The third-order valence-electron chi connectivity index (χ3n) is 2.67. The molecule has 0 saturated heterocycles. The van der Waals surface area contributed by atoms with Gasteiger partial charge in [0.15, 0.2) is 0 Å². The topological polar surface area (TPSA) is 20.3 Å². The summed E-state index contributed by atoms with van der Waals surface area (Å²) in [5.41, 5.74) is 3.24. The van der Waals surface area contributed by atoms with Crippen LogP contribution in [-0.4, -0.2) is 12.3 Å². The van der Waals surface area contributed by atoms with Gasteiger partial charge >= 0.3 is 0 Å². The summed E-state index contributed by atoms with van der Waals surface area (Å²) in [4.78, 5) is 13.0. The van der Waals surface area contributed by atoms with E-state index in [0.29, 0.717) is 0 Å². The van der Waals surface area contributed by atoms with Crippen molar-refractivity contribution in [3.63, 3.8) is 0 Å². The van der Waals surface area contributed by atoms with Crippen LogP contribution in [0, 0.1) is 6.92 Å². The van der Waals surface area contributed by atoms with Crippen LogP contribution in [0.15, 0.2) is 18.2 Å². The quantitative estimate of drug-likeness (QED) is 0.737. The fourth-order valence-electron chi connectivity index (χ4n) is 1.81. The number of hydrogen-bond donors (Lipinski definition) is 1. The van der Waals surface area contributed by atoms with Crippen LogP contribution in [0.5, 0.6) is 0 Å². The Kier molecular flexibility index (Phi) is 3.68. The van der Waals surface area contributed by atoms with Gasteiger partial charge in [0.2, 0.25) is 0 Å². The molecule has 0 aliphatic carbocycles. The van der Waals surface area contributed by atoms with Gasteiger partial charge in [-0.2, -0.15) is 0 Å². The molecule has 2 nitrogen and oxygen atoms in total. The molecule has 1 aromatic rings. The molecule has 0 heterocycles. The number of thiol groups is 1. The van der Waals surface area contributed by atoms with Crippen molar-refractivity contribution >= 4 is 23.6 Å². The Hall–Kier alpha value is -0.960. The van der Waals surface area contributed by atoms with Crippen molar-refractivity contribution in [1.82, 2.24) is 0 Å². The van der Waals surface area contributed by atoms with Crippen molar-refractivity contribution in [2.24, 2.45) is 0 Å². The minimum Gasteiger partial charge on any atom is -0.306 e. The standard InChI is InChI=1S/C13H19NOS/c1-9-7-6-8-10(13(2,3)4)11(9)14(5)12(15)16/h6-8H,1-5H3,(H,15,16). The van der Waals surface area contributed by atoms with Gasteiger partial charge in [0, 0.05) is 7.05 Å². The van der Waals surface area contributed by atoms with E-state index in [9.17, 15) is 4.79 Å².